The fourth-order valence-corrected chi connectivity index (χ4v) is 4.25. The number of fused-ring (bicyclic) bond motifs is 1. The Morgan fingerprint density at radius 2 is 2.31 bits per heavy atom. The number of aryl methyl sites for hydroxylation is 1. The van der Waals surface area contributed by atoms with Crippen molar-refractivity contribution in [2.75, 3.05) is 23.3 Å². The van der Waals surface area contributed by atoms with Crippen LogP contribution in [0.15, 0.2) is 18.6 Å². The minimum atomic E-state index is -0.589. The molecule has 0 bridgehead atoms. The molecule has 1 saturated heterocycles. The zero-order valence-electron chi connectivity index (χ0n) is 15.7. The van der Waals surface area contributed by atoms with Crippen molar-refractivity contribution in [2.45, 2.75) is 18.0 Å². The SMILES string of the molecule is Cn1cc(Nc2ncc(F)c(N3C[C@H]4[C@@H](N)[C@@]4(NC(=O)[C@@H]4C[C@H]4C#N)C3)n2)cn1. The lowest BCUT2D eigenvalue weighted by molar-refractivity contribution is -0.123. The van der Waals surface area contributed by atoms with Crippen LogP contribution in [0.5, 0.6) is 0 Å². The van der Waals surface area contributed by atoms with Crippen LogP contribution < -0.4 is 21.3 Å². The summed E-state index contributed by atoms with van der Waals surface area (Å²) in [5.74, 6) is -0.702. The van der Waals surface area contributed by atoms with Gasteiger partial charge in [-0.1, -0.05) is 0 Å². The molecule has 5 atom stereocenters. The van der Waals surface area contributed by atoms with Gasteiger partial charge in [0, 0.05) is 38.3 Å². The third kappa shape index (κ3) is 2.87. The lowest BCUT2D eigenvalue weighted by atomic mass is 10.2. The van der Waals surface area contributed by atoms with Crippen LogP contribution in [0.1, 0.15) is 6.42 Å². The number of nitrogens with one attached hydrogen (secondary N) is 2. The van der Waals surface area contributed by atoms with Gasteiger partial charge < -0.3 is 21.3 Å². The third-order valence-corrected chi connectivity index (χ3v) is 6.09. The molecule has 3 fully saturated rings. The van der Waals surface area contributed by atoms with E-state index < -0.39 is 11.4 Å². The van der Waals surface area contributed by atoms with E-state index in [1.165, 1.54) is 0 Å². The van der Waals surface area contributed by atoms with Gasteiger partial charge in [0.25, 0.3) is 0 Å². The maximum Gasteiger partial charge on any atom is 0.229 e. The number of amides is 1. The molecule has 1 amide bonds. The summed E-state index contributed by atoms with van der Waals surface area (Å²) < 4.78 is 16.1. The van der Waals surface area contributed by atoms with E-state index in [4.69, 9.17) is 11.0 Å². The van der Waals surface area contributed by atoms with Crippen molar-refractivity contribution in [3.8, 4) is 6.07 Å². The zero-order valence-corrected chi connectivity index (χ0v) is 15.7. The Morgan fingerprint density at radius 1 is 1.48 bits per heavy atom. The van der Waals surface area contributed by atoms with Gasteiger partial charge in [0.05, 0.1) is 41.5 Å². The summed E-state index contributed by atoms with van der Waals surface area (Å²) in [6, 6.07) is 1.94. The summed E-state index contributed by atoms with van der Waals surface area (Å²) in [4.78, 5) is 22.5. The molecule has 3 aliphatic rings. The van der Waals surface area contributed by atoms with Crippen molar-refractivity contribution >= 4 is 23.4 Å². The molecule has 0 spiro atoms. The Morgan fingerprint density at radius 3 is 3.00 bits per heavy atom. The Bertz CT molecular complexity index is 1030. The average molecular weight is 397 g/mol. The molecule has 2 aliphatic carbocycles. The van der Waals surface area contributed by atoms with Gasteiger partial charge >= 0.3 is 0 Å². The van der Waals surface area contributed by atoms with Crippen molar-refractivity contribution < 1.29 is 9.18 Å². The second kappa shape index (κ2) is 6.12. The van der Waals surface area contributed by atoms with Gasteiger partial charge in [0.2, 0.25) is 11.9 Å². The number of hydrogen-bond acceptors (Lipinski definition) is 8. The van der Waals surface area contributed by atoms with Crippen LogP contribution in [0.3, 0.4) is 0 Å². The van der Waals surface area contributed by atoms with Gasteiger partial charge in [-0.25, -0.2) is 9.37 Å². The number of anilines is 3. The highest BCUT2D eigenvalue weighted by molar-refractivity contribution is 5.84. The fourth-order valence-electron chi connectivity index (χ4n) is 4.25. The summed E-state index contributed by atoms with van der Waals surface area (Å²) in [6.07, 6.45) is 5.09. The van der Waals surface area contributed by atoms with E-state index in [2.05, 4.69) is 31.8 Å². The van der Waals surface area contributed by atoms with Crippen LogP contribution in [0.25, 0.3) is 0 Å². The molecule has 0 unspecified atom stereocenters. The van der Waals surface area contributed by atoms with Gasteiger partial charge in [-0.15, -0.1) is 0 Å². The number of carbonyl (C=O) groups excluding carboxylic acids is 1. The quantitative estimate of drug-likeness (QED) is 0.635. The minimum absolute atomic E-state index is 0.0230. The lowest BCUT2D eigenvalue weighted by Crippen LogP contribution is -2.48. The molecular formula is C18H20FN9O. The summed E-state index contributed by atoms with van der Waals surface area (Å²) in [7, 11) is 1.79. The van der Waals surface area contributed by atoms with E-state index in [1.54, 1.807) is 29.0 Å². The number of nitrogens with two attached hydrogens (primary N) is 1. The molecule has 2 aromatic rings. The van der Waals surface area contributed by atoms with Crippen LogP contribution in [-0.2, 0) is 11.8 Å². The van der Waals surface area contributed by atoms with Crippen LogP contribution >= 0.6 is 0 Å². The second-order valence-corrected chi connectivity index (χ2v) is 8.01. The third-order valence-electron chi connectivity index (χ3n) is 6.09. The maximum absolute atomic E-state index is 14.5. The van der Waals surface area contributed by atoms with Crippen molar-refractivity contribution in [3.05, 3.63) is 24.4 Å². The summed E-state index contributed by atoms with van der Waals surface area (Å²) in [5, 5.41) is 19.0. The first-order chi connectivity index (χ1) is 13.9. The second-order valence-electron chi connectivity index (χ2n) is 8.01. The van der Waals surface area contributed by atoms with Crippen LogP contribution in [0.4, 0.5) is 21.8 Å². The highest BCUT2D eigenvalue weighted by atomic mass is 19.1. The Kier molecular flexibility index (Phi) is 3.76. The van der Waals surface area contributed by atoms with E-state index in [0.717, 1.165) is 6.20 Å². The predicted octanol–water partition coefficient (Wildman–Crippen LogP) is -0.115. The molecule has 2 aromatic heterocycles. The molecule has 3 heterocycles. The predicted molar refractivity (Wildman–Crippen MR) is 100 cm³/mol. The minimum Gasteiger partial charge on any atom is -0.351 e. The molecular weight excluding hydrogens is 377 g/mol. The van der Waals surface area contributed by atoms with Crippen molar-refractivity contribution in [3.63, 3.8) is 0 Å². The summed E-state index contributed by atoms with van der Waals surface area (Å²) in [5.41, 5.74) is 6.30. The van der Waals surface area contributed by atoms with E-state index in [-0.39, 0.29) is 41.5 Å². The van der Waals surface area contributed by atoms with E-state index >= 15 is 0 Å². The van der Waals surface area contributed by atoms with Crippen molar-refractivity contribution in [1.29, 1.82) is 5.26 Å². The molecule has 0 aromatic carbocycles. The Labute approximate surface area is 165 Å². The first-order valence-electron chi connectivity index (χ1n) is 9.41. The highest BCUT2D eigenvalue weighted by Gasteiger charge is 2.69. The molecule has 29 heavy (non-hydrogen) atoms. The molecule has 150 valence electrons. The van der Waals surface area contributed by atoms with Crippen LogP contribution in [0, 0.1) is 34.9 Å². The molecule has 11 heteroatoms. The van der Waals surface area contributed by atoms with E-state index in [9.17, 15) is 9.18 Å². The molecule has 2 saturated carbocycles. The number of halogens is 1. The number of aromatic nitrogens is 4. The van der Waals surface area contributed by atoms with Gasteiger partial charge in [-0.3, -0.25) is 9.48 Å². The monoisotopic (exact) mass is 397 g/mol. The van der Waals surface area contributed by atoms with Crippen molar-refractivity contribution in [2.24, 2.45) is 30.5 Å². The summed E-state index contributed by atoms with van der Waals surface area (Å²) in [6.45, 7) is 0.864. The Balaban J connectivity index is 1.31. The van der Waals surface area contributed by atoms with Gasteiger partial charge in [-0.2, -0.15) is 15.3 Å². The van der Waals surface area contributed by atoms with Crippen molar-refractivity contribution in [1.82, 2.24) is 25.1 Å². The Hall–Kier alpha value is -3.26. The number of piperidine rings is 1. The van der Waals surface area contributed by atoms with Gasteiger partial charge in [0.1, 0.15) is 0 Å². The molecule has 10 nitrogen and oxygen atoms in total. The average Bonchev–Trinajstić information content (AvgIpc) is 3.46. The first kappa shape index (κ1) is 17.8. The van der Waals surface area contributed by atoms with E-state index in [1.807, 2.05) is 0 Å². The van der Waals surface area contributed by atoms with Gasteiger partial charge in [0.15, 0.2) is 11.6 Å². The largest absolute Gasteiger partial charge is 0.351 e. The van der Waals surface area contributed by atoms with Crippen LogP contribution in [-0.4, -0.2) is 50.3 Å². The first-order valence-corrected chi connectivity index (χ1v) is 9.41. The highest BCUT2D eigenvalue weighted by Crippen LogP contribution is 2.50. The number of nitriles is 1. The smallest absolute Gasteiger partial charge is 0.229 e. The van der Waals surface area contributed by atoms with Gasteiger partial charge in [-0.05, 0) is 6.42 Å². The summed E-state index contributed by atoms with van der Waals surface area (Å²) >= 11 is 0. The zero-order chi connectivity index (χ0) is 20.3. The van der Waals surface area contributed by atoms with E-state index in [0.29, 0.717) is 25.2 Å². The number of rotatable bonds is 5. The number of nitrogens with zero attached hydrogens (tertiary/aromatic N) is 6. The standard InChI is InChI=1S/C18H20FN9O/c1-27-6-10(4-23-27)24-17-22-5-13(19)15(25-17)28-7-12-14(21)18(12,8-28)26-16(29)11-2-9(11)3-20/h4-6,9,11-12,14H,2,7-8,21H2,1H3,(H,26,29)(H,22,24,25)/t9-,11+,12-,14+,18+/m0/s1. The maximum atomic E-state index is 14.5. The number of carbonyl (C=O) groups is 1. The van der Waals surface area contributed by atoms with Crippen LogP contribution in [0.2, 0.25) is 0 Å². The fraction of sp³-hybridized carbons (Fsp3) is 0.500. The molecule has 5 rings (SSSR count). The number of hydrogen-bond donors (Lipinski definition) is 3. The molecule has 4 N–H and O–H groups in total. The normalized spacial score (nSPS) is 31.7. The molecule has 1 aliphatic heterocycles. The topological polar surface area (TPSA) is 138 Å². The molecule has 0 radical (unpaired) electrons. The lowest BCUT2D eigenvalue weighted by Gasteiger charge is -2.25.